The number of aromatic nitrogens is 2. The summed E-state index contributed by atoms with van der Waals surface area (Å²) in [6, 6.07) is 6.65. The van der Waals surface area contributed by atoms with Gasteiger partial charge in [-0.1, -0.05) is 17.7 Å². The number of hydrogen-bond donors (Lipinski definition) is 1. The van der Waals surface area contributed by atoms with E-state index in [0.717, 1.165) is 31.9 Å². The van der Waals surface area contributed by atoms with E-state index < -0.39 is 0 Å². The van der Waals surface area contributed by atoms with Crippen molar-refractivity contribution in [3.05, 3.63) is 47.5 Å². The molecule has 0 atom stereocenters. The zero-order valence-corrected chi connectivity index (χ0v) is 11.3. The second kappa shape index (κ2) is 5.05. The summed E-state index contributed by atoms with van der Waals surface area (Å²) in [6.07, 6.45) is 4.87. The maximum Gasteiger partial charge on any atom is 0.128 e. The normalized spacial score (nSPS) is 14.5. The van der Waals surface area contributed by atoms with Crippen molar-refractivity contribution in [1.82, 2.24) is 9.55 Å². The van der Waals surface area contributed by atoms with E-state index in [9.17, 15) is 0 Å². The Labute approximate surface area is 113 Å². The molecule has 0 unspecified atom stereocenters. The van der Waals surface area contributed by atoms with E-state index in [2.05, 4.69) is 45.8 Å². The van der Waals surface area contributed by atoms with Crippen molar-refractivity contribution < 1.29 is 0 Å². The van der Waals surface area contributed by atoms with Crippen LogP contribution in [0.1, 0.15) is 17.0 Å². The smallest absolute Gasteiger partial charge is 0.128 e. The Kier molecular flexibility index (Phi) is 3.25. The minimum absolute atomic E-state index is 0.693. The van der Waals surface area contributed by atoms with E-state index in [0.29, 0.717) is 6.54 Å². The largest absolute Gasteiger partial charge is 0.362 e. The van der Waals surface area contributed by atoms with Crippen molar-refractivity contribution in [1.29, 1.82) is 0 Å². The molecule has 0 saturated carbocycles. The lowest BCUT2D eigenvalue weighted by Gasteiger charge is -2.31. The van der Waals surface area contributed by atoms with E-state index in [-0.39, 0.29) is 0 Å². The van der Waals surface area contributed by atoms with Crippen molar-refractivity contribution >= 4 is 5.69 Å². The topological polar surface area (TPSA) is 47.1 Å². The number of benzene rings is 1. The first-order valence-corrected chi connectivity index (χ1v) is 6.82. The molecular formula is C15H20N4. The second-order valence-electron chi connectivity index (χ2n) is 5.13. The van der Waals surface area contributed by atoms with E-state index in [1.807, 2.05) is 6.20 Å². The van der Waals surface area contributed by atoms with Gasteiger partial charge in [0.25, 0.3) is 0 Å². The van der Waals surface area contributed by atoms with Crippen molar-refractivity contribution in [2.75, 3.05) is 18.0 Å². The van der Waals surface area contributed by atoms with Gasteiger partial charge in [0, 0.05) is 31.2 Å². The molecule has 1 aliphatic rings. The van der Waals surface area contributed by atoms with Crippen LogP contribution in [0.2, 0.25) is 0 Å². The molecule has 0 bridgehead atoms. The van der Waals surface area contributed by atoms with Crippen LogP contribution in [0.3, 0.4) is 0 Å². The molecule has 4 nitrogen and oxygen atoms in total. The Morgan fingerprint density at radius 2 is 2.21 bits per heavy atom. The van der Waals surface area contributed by atoms with Crippen LogP contribution in [0.5, 0.6) is 0 Å². The van der Waals surface area contributed by atoms with Gasteiger partial charge in [-0.3, -0.25) is 0 Å². The van der Waals surface area contributed by atoms with Crippen LogP contribution in [0, 0.1) is 6.92 Å². The van der Waals surface area contributed by atoms with Crippen molar-refractivity contribution in [3.8, 4) is 0 Å². The summed E-state index contributed by atoms with van der Waals surface area (Å²) in [5.41, 5.74) is 9.69. The molecular weight excluding hydrogens is 236 g/mol. The molecule has 19 heavy (non-hydrogen) atoms. The maximum absolute atomic E-state index is 5.73. The van der Waals surface area contributed by atoms with Gasteiger partial charge in [0.1, 0.15) is 5.82 Å². The Hall–Kier alpha value is -1.81. The zero-order chi connectivity index (χ0) is 13.2. The predicted molar refractivity (Wildman–Crippen MR) is 77.2 cm³/mol. The van der Waals surface area contributed by atoms with Gasteiger partial charge >= 0.3 is 0 Å². The fraction of sp³-hybridized carbons (Fsp3) is 0.400. The Bertz CT molecular complexity index is 573. The maximum atomic E-state index is 5.73. The first-order chi connectivity index (χ1) is 9.28. The van der Waals surface area contributed by atoms with Crippen LogP contribution in [0.15, 0.2) is 30.6 Å². The van der Waals surface area contributed by atoms with Gasteiger partial charge in [-0.25, -0.2) is 4.98 Å². The molecule has 1 aromatic heterocycles. The minimum Gasteiger partial charge on any atom is -0.362 e. The third-order valence-electron chi connectivity index (χ3n) is 3.73. The molecule has 3 rings (SSSR count). The number of fused-ring (bicyclic) bond motifs is 1. The highest BCUT2D eigenvalue weighted by Crippen LogP contribution is 2.25. The van der Waals surface area contributed by atoms with Crippen LogP contribution in [-0.4, -0.2) is 22.6 Å². The lowest BCUT2D eigenvalue weighted by Crippen LogP contribution is -2.34. The predicted octanol–water partition coefficient (Wildman–Crippen LogP) is 1.71. The first-order valence-electron chi connectivity index (χ1n) is 6.82. The van der Waals surface area contributed by atoms with E-state index in [4.69, 9.17) is 5.73 Å². The Morgan fingerprint density at radius 1 is 1.32 bits per heavy atom. The summed E-state index contributed by atoms with van der Waals surface area (Å²) < 4.78 is 2.23. The van der Waals surface area contributed by atoms with E-state index in [1.54, 1.807) is 0 Å². The molecule has 2 N–H and O–H groups in total. The monoisotopic (exact) mass is 256 g/mol. The second-order valence-corrected chi connectivity index (χ2v) is 5.13. The van der Waals surface area contributed by atoms with Crippen molar-refractivity contribution in [3.63, 3.8) is 0 Å². The van der Waals surface area contributed by atoms with Crippen LogP contribution in [0.4, 0.5) is 5.69 Å². The van der Waals surface area contributed by atoms with E-state index in [1.165, 1.54) is 16.8 Å². The SMILES string of the molecule is Cc1ccc(N2CCn3ccnc3C2)c(CCN)c1. The molecule has 100 valence electrons. The third-order valence-corrected chi connectivity index (χ3v) is 3.73. The van der Waals surface area contributed by atoms with Crippen LogP contribution >= 0.6 is 0 Å². The van der Waals surface area contributed by atoms with Gasteiger partial charge in [-0.2, -0.15) is 0 Å². The quantitative estimate of drug-likeness (QED) is 0.909. The summed E-state index contributed by atoms with van der Waals surface area (Å²) in [7, 11) is 0. The van der Waals surface area contributed by atoms with Gasteiger partial charge in [0.2, 0.25) is 0 Å². The van der Waals surface area contributed by atoms with Gasteiger partial charge in [-0.15, -0.1) is 0 Å². The molecule has 0 saturated heterocycles. The van der Waals surface area contributed by atoms with E-state index >= 15 is 0 Å². The molecule has 0 fully saturated rings. The molecule has 0 spiro atoms. The van der Waals surface area contributed by atoms with Crippen LogP contribution in [0.25, 0.3) is 0 Å². The highest BCUT2D eigenvalue weighted by atomic mass is 15.2. The number of rotatable bonds is 3. The Balaban J connectivity index is 1.90. The molecule has 2 heterocycles. The fourth-order valence-corrected chi connectivity index (χ4v) is 2.76. The number of anilines is 1. The standard InChI is InChI=1S/C15H20N4/c1-12-2-3-14(13(10-12)4-5-16)19-9-8-18-7-6-17-15(18)11-19/h2-3,6-7,10H,4-5,8-9,11,16H2,1H3. The average Bonchev–Trinajstić information content (AvgIpc) is 2.86. The minimum atomic E-state index is 0.693. The number of hydrogen-bond acceptors (Lipinski definition) is 3. The van der Waals surface area contributed by atoms with Crippen molar-refractivity contribution in [2.45, 2.75) is 26.4 Å². The summed E-state index contributed by atoms with van der Waals surface area (Å²) in [6.45, 7) is 5.74. The van der Waals surface area contributed by atoms with Crippen molar-refractivity contribution in [2.24, 2.45) is 5.73 Å². The summed E-state index contributed by atoms with van der Waals surface area (Å²) in [4.78, 5) is 6.83. The lowest BCUT2D eigenvalue weighted by atomic mass is 10.0. The fourth-order valence-electron chi connectivity index (χ4n) is 2.76. The first kappa shape index (κ1) is 12.2. The highest BCUT2D eigenvalue weighted by molar-refractivity contribution is 5.55. The lowest BCUT2D eigenvalue weighted by molar-refractivity contribution is 0.558. The molecule has 1 aliphatic heterocycles. The number of nitrogens with zero attached hydrogens (tertiary/aromatic N) is 3. The highest BCUT2D eigenvalue weighted by Gasteiger charge is 2.18. The number of nitrogens with two attached hydrogens (primary N) is 1. The molecule has 4 heteroatoms. The number of aryl methyl sites for hydroxylation is 1. The van der Waals surface area contributed by atoms with Gasteiger partial charge in [-0.05, 0) is 31.5 Å². The summed E-state index contributed by atoms with van der Waals surface area (Å²) in [5, 5.41) is 0. The zero-order valence-electron chi connectivity index (χ0n) is 11.3. The molecule has 2 aromatic rings. The average molecular weight is 256 g/mol. The van der Waals surface area contributed by atoms with Gasteiger partial charge in [0.05, 0.1) is 6.54 Å². The van der Waals surface area contributed by atoms with Gasteiger partial charge < -0.3 is 15.2 Å². The van der Waals surface area contributed by atoms with Crippen LogP contribution in [-0.2, 0) is 19.5 Å². The molecule has 0 amide bonds. The molecule has 0 radical (unpaired) electrons. The Morgan fingerprint density at radius 3 is 3.05 bits per heavy atom. The molecule has 0 aliphatic carbocycles. The van der Waals surface area contributed by atoms with Crippen LogP contribution < -0.4 is 10.6 Å². The third kappa shape index (κ3) is 2.36. The molecule has 1 aromatic carbocycles. The number of imidazole rings is 1. The summed E-state index contributed by atoms with van der Waals surface area (Å²) >= 11 is 0. The summed E-state index contributed by atoms with van der Waals surface area (Å²) in [5.74, 6) is 1.14. The van der Waals surface area contributed by atoms with Gasteiger partial charge in [0.15, 0.2) is 0 Å².